The fourth-order valence-corrected chi connectivity index (χ4v) is 5.87. The molecular formula is C30H29ClN2O3S. The summed E-state index contributed by atoms with van der Waals surface area (Å²) < 4.78 is 28.8. The molecule has 37 heavy (non-hydrogen) atoms. The Morgan fingerprint density at radius 2 is 1.49 bits per heavy atom. The van der Waals surface area contributed by atoms with Crippen LogP contribution in [0.15, 0.2) is 102 Å². The molecule has 0 fully saturated rings. The number of rotatable bonds is 8. The lowest BCUT2D eigenvalue weighted by atomic mass is 9.95. The number of nitrogens with zero attached hydrogens (tertiary/aromatic N) is 1. The first-order valence-electron chi connectivity index (χ1n) is 11.9. The monoisotopic (exact) mass is 532 g/mol. The molecule has 0 saturated carbocycles. The van der Waals surface area contributed by atoms with Crippen molar-refractivity contribution in [3.8, 4) is 0 Å². The highest BCUT2D eigenvalue weighted by atomic mass is 35.5. The molecule has 0 aliphatic heterocycles. The Morgan fingerprint density at radius 1 is 0.838 bits per heavy atom. The summed E-state index contributed by atoms with van der Waals surface area (Å²) in [6.45, 7) is 5.26. The van der Waals surface area contributed by atoms with Crippen LogP contribution in [-0.4, -0.2) is 20.9 Å². The van der Waals surface area contributed by atoms with Gasteiger partial charge in [0.15, 0.2) is 0 Å². The van der Waals surface area contributed by atoms with Crippen molar-refractivity contribution in [2.45, 2.75) is 31.7 Å². The van der Waals surface area contributed by atoms with Crippen molar-refractivity contribution in [2.24, 2.45) is 0 Å². The third kappa shape index (κ3) is 6.04. The molecular weight excluding hydrogens is 504 g/mol. The van der Waals surface area contributed by atoms with Gasteiger partial charge in [0, 0.05) is 5.02 Å². The molecule has 0 saturated heterocycles. The Hall–Kier alpha value is -3.61. The molecule has 0 spiro atoms. The minimum atomic E-state index is -4.06. The average Bonchev–Trinajstić information content (AvgIpc) is 2.88. The Kier molecular flexibility index (Phi) is 8.00. The van der Waals surface area contributed by atoms with Gasteiger partial charge in [-0.25, -0.2) is 8.42 Å². The second-order valence-electron chi connectivity index (χ2n) is 9.02. The molecule has 190 valence electrons. The first kappa shape index (κ1) is 26.5. The quantitative estimate of drug-likeness (QED) is 0.287. The molecule has 4 rings (SSSR count). The van der Waals surface area contributed by atoms with E-state index in [4.69, 9.17) is 11.6 Å². The molecule has 1 atom stereocenters. The van der Waals surface area contributed by atoms with Crippen molar-refractivity contribution in [1.82, 2.24) is 5.32 Å². The van der Waals surface area contributed by atoms with Gasteiger partial charge in [0.2, 0.25) is 5.91 Å². The van der Waals surface area contributed by atoms with Crippen LogP contribution in [0.2, 0.25) is 5.02 Å². The summed E-state index contributed by atoms with van der Waals surface area (Å²) >= 11 is 6.25. The highest BCUT2D eigenvalue weighted by Gasteiger charge is 2.30. The molecule has 0 bridgehead atoms. The number of halogens is 1. The van der Waals surface area contributed by atoms with Crippen molar-refractivity contribution in [3.63, 3.8) is 0 Å². The third-order valence-corrected chi connectivity index (χ3v) is 8.28. The number of nitrogens with one attached hydrogen (secondary N) is 1. The van der Waals surface area contributed by atoms with Crippen molar-refractivity contribution in [1.29, 1.82) is 0 Å². The maximum Gasteiger partial charge on any atom is 0.264 e. The Balaban J connectivity index is 1.73. The van der Waals surface area contributed by atoms with Crippen LogP contribution in [0, 0.1) is 20.8 Å². The van der Waals surface area contributed by atoms with Crippen molar-refractivity contribution >= 4 is 33.2 Å². The number of amides is 1. The van der Waals surface area contributed by atoms with Crippen LogP contribution < -0.4 is 9.62 Å². The maximum atomic E-state index is 13.8. The van der Waals surface area contributed by atoms with Crippen molar-refractivity contribution < 1.29 is 13.2 Å². The number of aryl methyl sites for hydroxylation is 3. The van der Waals surface area contributed by atoms with Gasteiger partial charge >= 0.3 is 0 Å². The number of benzene rings is 4. The summed E-state index contributed by atoms with van der Waals surface area (Å²) in [5.41, 5.74) is 4.84. The summed E-state index contributed by atoms with van der Waals surface area (Å²) in [4.78, 5) is 13.7. The number of sulfonamides is 1. The molecule has 7 heteroatoms. The Morgan fingerprint density at radius 3 is 2.16 bits per heavy atom. The number of carbonyl (C=O) groups excluding carboxylic acids is 1. The smallest absolute Gasteiger partial charge is 0.264 e. The summed E-state index contributed by atoms with van der Waals surface area (Å²) in [5, 5.41) is 3.46. The Bertz CT molecular complexity index is 1500. The van der Waals surface area contributed by atoms with E-state index in [1.165, 1.54) is 0 Å². The van der Waals surface area contributed by atoms with E-state index >= 15 is 0 Å². The minimum Gasteiger partial charge on any atom is -0.344 e. The van der Waals surface area contributed by atoms with E-state index in [0.29, 0.717) is 16.3 Å². The standard InChI is InChI=1S/C30H29ClN2O3S/c1-21-13-17-26(18-14-21)37(35,36)33(28-19-25(31)16-15-23(28)3)20-29(34)32-30(24-10-5-4-6-11-24)27-12-8-7-9-22(27)2/h4-19,30H,20H2,1-3H3,(H,32,34)/t30-/m0/s1. The van der Waals surface area contributed by atoms with Crippen LogP contribution in [0.5, 0.6) is 0 Å². The number of carbonyl (C=O) groups is 1. The van der Waals surface area contributed by atoms with Gasteiger partial charge in [-0.15, -0.1) is 0 Å². The van der Waals surface area contributed by atoms with Crippen LogP contribution in [0.4, 0.5) is 5.69 Å². The molecule has 0 heterocycles. The van der Waals surface area contributed by atoms with Gasteiger partial charge in [-0.1, -0.05) is 90.0 Å². The summed E-state index contributed by atoms with van der Waals surface area (Å²) in [6, 6.07) is 28.6. The number of hydrogen-bond acceptors (Lipinski definition) is 3. The zero-order valence-electron chi connectivity index (χ0n) is 21.0. The molecule has 5 nitrogen and oxygen atoms in total. The van der Waals surface area contributed by atoms with Crippen LogP contribution in [-0.2, 0) is 14.8 Å². The summed E-state index contributed by atoms with van der Waals surface area (Å²) in [6.07, 6.45) is 0. The molecule has 1 N–H and O–H groups in total. The lowest BCUT2D eigenvalue weighted by Gasteiger charge is -2.28. The van der Waals surface area contributed by atoms with Gasteiger partial charge in [-0.2, -0.15) is 0 Å². The van der Waals surface area contributed by atoms with Crippen molar-refractivity contribution in [2.75, 3.05) is 10.8 Å². The fourth-order valence-electron chi connectivity index (χ4n) is 4.22. The van der Waals surface area contributed by atoms with Crippen molar-refractivity contribution in [3.05, 3.63) is 130 Å². The zero-order chi connectivity index (χ0) is 26.6. The van der Waals surface area contributed by atoms with Gasteiger partial charge < -0.3 is 5.32 Å². The summed E-state index contributed by atoms with van der Waals surface area (Å²) in [5.74, 6) is -0.438. The van der Waals surface area contributed by atoms with Gasteiger partial charge in [0.1, 0.15) is 6.54 Å². The van der Waals surface area contributed by atoms with Crippen LogP contribution in [0.3, 0.4) is 0 Å². The summed E-state index contributed by atoms with van der Waals surface area (Å²) in [7, 11) is -4.06. The predicted octanol–water partition coefficient (Wildman–Crippen LogP) is 6.37. The minimum absolute atomic E-state index is 0.101. The highest BCUT2D eigenvalue weighted by Crippen LogP contribution is 2.30. The fraction of sp³-hybridized carbons (Fsp3) is 0.167. The third-order valence-electron chi connectivity index (χ3n) is 6.27. The van der Waals surface area contributed by atoms with E-state index in [2.05, 4.69) is 5.32 Å². The lowest BCUT2D eigenvalue weighted by Crippen LogP contribution is -2.42. The second-order valence-corrected chi connectivity index (χ2v) is 11.3. The number of hydrogen-bond donors (Lipinski definition) is 1. The largest absolute Gasteiger partial charge is 0.344 e. The molecule has 0 radical (unpaired) electrons. The Labute approximate surface area is 223 Å². The molecule has 4 aromatic carbocycles. The van der Waals surface area contributed by atoms with E-state index < -0.39 is 28.5 Å². The predicted molar refractivity (Wildman–Crippen MR) is 150 cm³/mol. The molecule has 0 aliphatic rings. The topological polar surface area (TPSA) is 66.5 Å². The lowest BCUT2D eigenvalue weighted by molar-refractivity contribution is -0.120. The van der Waals surface area contributed by atoms with Gasteiger partial charge in [-0.3, -0.25) is 9.10 Å². The zero-order valence-corrected chi connectivity index (χ0v) is 22.6. The molecule has 0 aliphatic carbocycles. The molecule has 0 unspecified atom stereocenters. The van der Waals surface area contributed by atoms with Gasteiger partial charge in [-0.05, 0) is 67.3 Å². The van der Waals surface area contributed by atoms with Gasteiger partial charge in [0.25, 0.3) is 10.0 Å². The maximum absolute atomic E-state index is 13.8. The normalized spacial score (nSPS) is 12.1. The van der Waals surface area contributed by atoms with Crippen LogP contribution in [0.25, 0.3) is 0 Å². The first-order valence-corrected chi connectivity index (χ1v) is 13.7. The van der Waals surface area contributed by atoms with E-state index in [-0.39, 0.29) is 4.90 Å². The first-order chi connectivity index (χ1) is 17.7. The highest BCUT2D eigenvalue weighted by molar-refractivity contribution is 7.92. The second kappa shape index (κ2) is 11.2. The van der Waals surface area contributed by atoms with E-state index in [0.717, 1.165) is 26.6 Å². The van der Waals surface area contributed by atoms with E-state index in [1.54, 1.807) is 49.4 Å². The van der Waals surface area contributed by atoms with E-state index in [1.807, 2.05) is 68.4 Å². The molecule has 1 amide bonds. The van der Waals surface area contributed by atoms with Crippen LogP contribution >= 0.6 is 11.6 Å². The average molecular weight is 533 g/mol. The molecule has 4 aromatic rings. The van der Waals surface area contributed by atoms with E-state index in [9.17, 15) is 13.2 Å². The SMILES string of the molecule is Cc1ccc(S(=O)(=O)N(CC(=O)N[C@@H](c2ccccc2)c2ccccc2C)c2cc(Cl)ccc2C)cc1. The van der Waals surface area contributed by atoms with Gasteiger partial charge in [0.05, 0.1) is 16.6 Å². The molecule has 0 aromatic heterocycles. The van der Waals surface area contributed by atoms with Crippen LogP contribution in [0.1, 0.15) is 33.9 Å². The number of anilines is 1.